The van der Waals surface area contributed by atoms with Crippen molar-refractivity contribution < 1.29 is 4.79 Å². The van der Waals surface area contributed by atoms with Crippen LogP contribution in [0.5, 0.6) is 0 Å². The molecule has 1 heterocycles. The molecule has 1 aromatic heterocycles. The molecule has 0 saturated heterocycles. The number of carbonyl (C=O) groups excluding carboxylic acids is 1. The van der Waals surface area contributed by atoms with Crippen LogP contribution in [0, 0.1) is 0 Å². The smallest absolute Gasteiger partial charge is 0.251 e. The van der Waals surface area contributed by atoms with E-state index in [1.807, 2.05) is 11.4 Å². The van der Waals surface area contributed by atoms with Gasteiger partial charge in [0.2, 0.25) is 0 Å². The zero-order chi connectivity index (χ0) is 11.4. The second-order valence-corrected chi connectivity index (χ2v) is 5.32. The van der Waals surface area contributed by atoms with Crippen molar-refractivity contribution in [1.82, 2.24) is 10.4 Å². The largest absolute Gasteiger partial charge is 0.320 e. The maximum absolute atomic E-state index is 11.5. The lowest BCUT2D eigenvalue weighted by Crippen LogP contribution is -2.47. The fraction of sp³-hybridized carbons (Fsp3) is 0.444. The van der Waals surface area contributed by atoms with E-state index in [1.165, 1.54) is 0 Å². The van der Waals surface area contributed by atoms with Crippen LogP contribution in [0.15, 0.2) is 15.9 Å². The van der Waals surface area contributed by atoms with Gasteiger partial charge in [0.05, 0.1) is 6.04 Å². The lowest BCUT2D eigenvalue weighted by Gasteiger charge is -2.15. The molecule has 0 aromatic carbocycles. The number of nitrogens with one attached hydrogen (secondary N) is 1. The van der Waals surface area contributed by atoms with Crippen LogP contribution in [0.1, 0.15) is 4.88 Å². The Balaban J connectivity index is 2.48. The molecule has 1 rings (SSSR count). The molecule has 0 saturated carbocycles. The van der Waals surface area contributed by atoms with E-state index in [4.69, 9.17) is 5.73 Å². The summed E-state index contributed by atoms with van der Waals surface area (Å²) in [7, 11) is 3.51. The lowest BCUT2D eigenvalue weighted by molar-refractivity contribution is -0.126. The Hall–Kier alpha value is -0.430. The zero-order valence-corrected chi connectivity index (χ0v) is 11.1. The van der Waals surface area contributed by atoms with E-state index in [0.29, 0.717) is 6.42 Å². The summed E-state index contributed by atoms with van der Waals surface area (Å²) in [5.74, 6) is -0.162. The van der Waals surface area contributed by atoms with Gasteiger partial charge in [0.15, 0.2) is 0 Å². The fourth-order valence-electron chi connectivity index (χ4n) is 1.07. The predicted molar refractivity (Wildman–Crippen MR) is 65.5 cm³/mol. The molecule has 0 bridgehead atoms. The van der Waals surface area contributed by atoms with E-state index < -0.39 is 6.04 Å². The first kappa shape index (κ1) is 12.6. The Kier molecular flexibility index (Phi) is 4.72. The summed E-state index contributed by atoms with van der Waals surface area (Å²) in [5.41, 5.74) is 8.39. The van der Waals surface area contributed by atoms with Gasteiger partial charge < -0.3 is 5.73 Å². The molecule has 3 N–H and O–H groups in total. The van der Waals surface area contributed by atoms with Gasteiger partial charge in [-0.1, -0.05) is 0 Å². The summed E-state index contributed by atoms with van der Waals surface area (Å²) < 4.78 is 1.03. The molecule has 1 unspecified atom stereocenters. The van der Waals surface area contributed by atoms with Gasteiger partial charge in [-0.3, -0.25) is 10.2 Å². The second kappa shape index (κ2) is 5.60. The highest BCUT2D eigenvalue weighted by atomic mass is 79.9. The average molecular weight is 292 g/mol. The number of hydrogen-bond acceptors (Lipinski definition) is 4. The van der Waals surface area contributed by atoms with Crippen molar-refractivity contribution in [2.75, 3.05) is 14.1 Å². The van der Waals surface area contributed by atoms with Gasteiger partial charge in [0.1, 0.15) is 0 Å². The summed E-state index contributed by atoms with van der Waals surface area (Å²) in [5, 5.41) is 3.57. The number of amides is 1. The molecule has 84 valence electrons. The highest BCUT2D eigenvalue weighted by Crippen LogP contribution is 2.20. The van der Waals surface area contributed by atoms with Gasteiger partial charge in [-0.25, -0.2) is 5.01 Å². The van der Waals surface area contributed by atoms with Crippen LogP contribution in [0.4, 0.5) is 0 Å². The van der Waals surface area contributed by atoms with Crippen LogP contribution in [0.25, 0.3) is 0 Å². The molecular weight excluding hydrogens is 278 g/mol. The van der Waals surface area contributed by atoms with Crippen molar-refractivity contribution in [3.8, 4) is 0 Å². The first-order valence-corrected chi connectivity index (χ1v) is 6.12. The van der Waals surface area contributed by atoms with E-state index in [1.54, 1.807) is 30.4 Å². The molecule has 4 nitrogen and oxygen atoms in total. The molecule has 0 aliphatic carbocycles. The van der Waals surface area contributed by atoms with Crippen LogP contribution in [0.2, 0.25) is 0 Å². The SMILES string of the molecule is CN(C)NC(=O)C(N)Cc1cc(Br)cs1. The average Bonchev–Trinajstić information content (AvgIpc) is 2.50. The highest BCUT2D eigenvalue weighted by Gasteiger charge is 2.15. The van der Waals surface area contributed by atoms with Gasteiger partial charge in [-0.2, -0.15) is 0 Å². The van der Waals surface area contributed by atoms with E-state index in [2.05, 4.69) is 21.4 Å². The monoisotopic (exact) mass is 291 g/mol. The van der Waals surface area contributed by atoms with E-state index in [0.717, 1.165) is 9.35 Å². The standard InChI is InChI=1S/C9H14BrN3OS/c1-13(2)12-9(14)8(11)4-7-3-6(10)5-15-7/h3,5,8H,4,11H2,1-2H3,(H,12,14). The van der Waals surface area contributed by atoms with Gasteiger partial charge >= 0.3 is 0 Å². The number of hydrogen-bond donors (Lipinski definition) is 2. The molecule has 0 spiro atoms. The van der Waals surface area contributed by atoms with Crippen molar-refractivity contribution in [3.63, 3.8) is 0 Å². The fourth-order valence-corrected chi connectivity index (χ4v) is 2.58. The van der Waals surface area contributed by atoms with Gasteiger partial charge in [-0.15, -0.1) is 11.3 Å². The van der Waals surface area contributed by atoms with Crippen LogP contribution in [-0.2, 0) is 11.2 Å². The number of hydrazine groups is 1. The van der Waals surface area contributed by atoms with Crippen LogP contribution in [0.3, 0.4) is 0 Å². The van der Waals surface area contributed by atoms with Crippen LogP contribution < -0.4 is 11.2 Å². The van der Waals surface area contributed by atoms with Crippen LogP contribution >= 0.6 is 27.3 Å². The highest BCUT2D eigenvalue weighted by molar-refractivity contribution is 9.10. The summed E-state index contributed by atoms with van der Waals surface area (Å²) in [6.45, 7) is 0. The molecule has 0 radical (unpaired) electrons. The Labute approximate surface area is 102 Å². The maximum atomic E-state index is 11.5. The predicted octanol–water partition coefficient (Wildman–Crippen LogP) is 0.973. The second-order valence-electron chi connectivity index (χ2n) is 3.41. The molecular formula is C9H14BrN3OS. The Bertz CT molecular complexity index is 340. The minimum atomic E-state index is -0.502. The number of nitrogens with zero attached hydrogens (tertiary/aromatic N) is 1. The molecule has 1 amide bonds. The first-order chi connectivity index (χ1) is 6.99. The minimum absolute atomic E-state index is 0.162. The van der Waals surface area contributed by atoms with Crippen molar-refractivity contribution in [2.24, 2.45) is 5.73 Å². The van der Waals surface area contributed by atoms with E-state index in [-0.39, 0.29) is 5.91 Å². The zero-order valence-electron chi connectivity index (χ0n) is 8.66. The summed E-state index contributed by atoms with van der Waals surface area (Å²) in [4.78, 5) is 12.6. The molecule has 0 fully saturated rings. The van der Waals surface area contributed by atoms with Crippen LogP contribution in [-0.4, -0.2) is 31.1 Å². The maximum Gasteiger partial charge on any atom is 0.251 e. The first-order valence-electron chi connectivity index (χ1n) is 4.45. The third-order valence-electron chi connectivity index (χ3n) is 1.71. The molecule has 1 aromatic rings. The number of nitrogens with two attached hydrogens (primary N) is 1. The quantitative estimate of drug-likeness (QED) is 0.813. The topological polar surface area (TPSA) is 58.4 Å². The van der Waals surface area contributed by atoms with E-state index in [9.17, 15) is 4.79 Å². The number of rotatable bonds is 4. The third kappa shape index (κ3) is 4.29. The summed E-state index contributed by atoms with van der Waals surface area (Å²) in [6.07, 6.45) is 0.565. The Morgan fingerprint density at radius 2 is 2.40 bits per heavy atom. The van der Waals surface area contributed by atoms with Crippen molar-refractivity contribution in [3.05, 3.63) is 20.8 Å². The third-order valence-corrected chi connectivity index (χ3v) is 3.43. The minimum Gasteiger partial charge on any atom is -0.320 e. The summed E-state index contributed by atoms with van der Waals surface area (Å²) >= 11 is 4.95. The Morgan fingerprint density at radius 1 is 1.73 bits per heavy atom. The molecule has 1 atom stereocenters. The number of carbonyl (C=O) groups is 1. The van der Waals surface area contributed by atoms with Crippen molar-refractivity contribution in [2.45, 2.75) is 12.5 Å². The van der Waals surface area contributed by atoms with Crippen molar-refractivity contribution >= 4 is 33.2 Å². The van der Waals surface area contributed by atoms with Gasteiger partial charge in [-0.05, 0) is 22.0 Å². The number of thiophene rings is 1. The summed E-state index contributed by atoms with van der Waals surface area (Å²) in [6, 6.07) is 1.48. The van der Waals surface area contributed by atoms with Gasteiger partial charge in [0.25, 0.3) is 5.91 Å². The van der Waals surface area contributed by atoms with E-state index >= 15 is 0 Å². The van der Waals surface area contributed by atoms with Gasteiger partial charge in [0, 0.05) is 35.2 Å². The normalized spacial score (nSPS) is 12.9. The lowest BCUT2D eigenvalue weighted by atomic mass is 10.2. The van der Waals surface area contributed by atoms with Crippen molar-refractivity contribution in [1.29, 1.82) is 0 Å². The molecule has 0 aliphatic rings. The Morgan fingerprint density at radius 3 is 2.87 bits per heavy atom. The molecule has 6 heteroatoms. The molecule has 0 aliphatic heterocycles. The molecule has 15 heavy (non-hydrogen) atoms. The number of halogens is 1.